The Labute approximate surface area is 229 Å². The Bertz CT molecular complexity index is 1840. The van der Waals surface area contributed by atoms with Crippen LogP contribution in [0.4, 0.5) is 0 Å². The standard InChI is InChI=1S/C25H36N6O4S/c1-5-8-20-22-23(31(4)29-20)25(32)28-24(27-22)19-16-18(10-11-21(19)35-15-6-2)36(33,34)26-13-12-17-9-7-14-30(17)3/h10-11,16-17,26H,5-9,12-15H2,1-4H3,(H,27,28,32)/i1D3,4D3,5D2,12D2,13D2. The summed E-state index contributed by atoms with van der Waals surface area (Å²) < 4.78 is 131. The normalized spacial score (nSPS) is 23.6. The Balaban J connectivity index is 1.88. The van der Waals surface area contributed by atoms with Gasteiger partial charge in [0.05, 0.1) is 22.8 Å². The summed E-state index contributed by atoms with van der Waals surface area (Å²) in [5.41, 5.74) is -2.74. The van der Waals surface area contributed by atoms with E-state index in [4.69, 9.17) is 21.2 Å². The molecular weight excluding hydrogens is 480 g/mol. The zero-order valence-corrected chi connectivity index (χ0v) is 20.7. The number of H-pyrrole nitrogens is 1. The van der Waals surface area contributed by atoms with Crippen LogP contribution in [0.15, 0.2) is 27.9 Å². The Kier molecular flexibility index (Phi) is 4.58. The molecule has 2 N–H and O–H groups in total. The van der Waals surface area contributed by atoms with Crippen molar-refractivity contribution in [2.45, 2.75) is 63.1 Å². The van der Waals surface area contributed by atoms with E-state index in [1.165, 1.54) is 6.07 Å². The van der Waals surface area contributed by atoms with Gasteiger partial charge in [0.1, 0.15) is 17.1 Å². The molecule has 0 saturated carbocycles. The number of benzene rings is 1. The summed E-state index contributed by atoms with van der Waals surface area (Å²) in [6.07, 6.45) is -5.08. The average Bonchev–Trinajstić information content (AvgIpc) is 3.54. The lowest BCUT2D eigenvalue weighted by atomic mass is 10.1. The van der Waals surface area contributed by atoms with E-state index >= 15 is 0 Å². The lowest BCUT2D eigenvalue weighted by Gasteiger charge is -2.19. The molecular formula is C25H36N6O4S. The molecule has 1 fully saturated rings. The summed E-state index contributed by atoms with van der Waals surface area (Å²) in [5.74, 6) is -0.367. The second kappa shape index (κ2) is 11.1. The lowest BCUT2D eigenvalue weighted by molar-refractivity contribution is 0.297. The summed E-state index contributed by atoms with van der Waals surface area (Å²) >= 11 is 0. The molecule has 0 radical (unpaired) electrons. The molecule has 0 amide bonds. The molecule has 3 heterocycles. The molecule has 0 spiro atoms. The zero-order valence-electron chi connectivity index (χ0n) is 31.9. The highest BCUT2D eigenvalue weighted by molar-refractivity contribution is 7.89. The van der Waals surface area contributed by atoms with Crippen molar-refractivity contribution in [3.05, 3.63) is 34.2 Å². The lowest BCUT2D eigenvalue weighted by Crippen LogP contribution is -2.31. The van der Waals surface area contributed by atoms with E-state index in [0.29, 0.717) is 30.5 Å². The second-order valence-electron chi connectivity index (χ2n) is 8.34. The van der Waals surface area contributed by atoms with Crippen molar-refractivity contribution in [3.8, 4) is 17.1 Å². The molecule has 2 aromatic heterocycles. The minimum atomic E-state index is -4.79. The predicted molar refractivity (Wildman–Crippen MR) is 140 cm³/mol. The van der Waals surface area contributed by atoms with Crippen LogP contribution in [-0.4, -0.2) is 65.8 Å². The minimum Gasteiger partial charge on any atom is -0.493 e. The number of ether oxygens (including phenoxy) is 1. The molecule has 0 aliphatic carbocycles. The molecule has 1 atom stereocenters. The molecule has 4 rings (SSSR count). The van der Waals surface area contributed by atoms with Gasteiger partial charge in [0.25, 0.3) is 5.56 Å². The first kappa shape index (κ1) is 14.8. The van der Waals surface area contributed by atoms with Crippen LogP contribution in [0, 0.1) is 0 Å². The van der Waals surface area contributed by atoms with E-state index in [0.717, 1.165) is 12.1 Å². The maximum atomic E-state index is 13.6. The van der Waals surface area contributed by atoms with Crippen LogP contribution in [0.1, 0.15) is 67.9 Å². The SMILES string of the molecule is [2H]C([2H])([2H])n1nc(CC([2H])([2H])C([2H])([2H])[2H])c2nc(-c3cc(S(=O)(=O)NC([2H])([2H])C([2H])([2H])C4CCCN4C)ccc3OCCC)[nH]c(=O)c21. The Morgan fingerprint density at radius 1 is 1.39 bits per heavy atom. The van der Waals surface area contributed by atoms with Crippen LogP contribution >= 0.6 is 0 Å². The van der Waals surface area contributed by atoms with Gasteiger partial charge in [-0.1, -0.05) is 20.1 Å². The highest BCUT2D eigenvalue weighted by Gasteiger charge is 2.23. The Morgan fingerprint density at radius 3 is 2.97 bits per heavy atom. The smallest absolute Gasteiger partial charge is 0.277 e. The summed E-state index contributed by atoms with van der Waals surface area (Å²) in [7, 11) is -3.17. The van der Waals surface area contributed by atoms with Crippen LogP contribution < -0.4 is 15.0 Å². The molecule has 1 unspecified atom stereocenters. The van der Waals surface area contributed by atoms with Crippen molar-refractivity contribution in [1.29, 1.82) is 0 Å². The molecule has 196 valence electrons. The fourth-order valence-corrected chi connectivity index (χ4v) is 4.78. The van der Waals surface area contributed by atoms with Gasteiger partial charge >= 0.3 is 0 Å². The van der Waals surface area contributed by atoms with Crippen LogP contribution in [-0.2, 0) is 23.4 Å². The van der Waals surface area contributed by atoms with Crippen molar-refractivity contribution in [1.82, 2.24) is 29.4 Å². The van der Waals surface area contributed by atoms with Gasteiger partial charge in [0, 0.05) is 36.0 Å². The molecule has 1 aromatic carbocycles. The number of sulfonamides is 1. The van der Waals surface area contributed by atoms with Gasteiger partial charge in [0.2, 0.25) is 10.0 Å². The van der Waals surface area contributed by atoms with E-state index < -0.39 is 82.7 Å². The van der Waals surface area contributed by atoms with Crippen LogP contribution in [0.3, 0.4) is 0 Å². The Morgan fingerprint density at radius 2 is 2.25 bits per heavy atom. The summed E-state index contributed by atoms with van der Waals surface area (Å²) in [6, 6.07) is 2.40. The monoisotopic (exact) mass is 528 g/mol. The minimum absolute atomic E-state index is 0.00630. The number of nitrogens with zero attached hydrogens (tertiary/aromatic N) is 4. The number of nitrogens with one attached hydrogen (secondary N) is 2. The first-order valence-corrected chi connectivity index (χ1v) is 12.9. The molecule has 11 heteroatoms. The Hall–Kier alpha value is -2.76. The van der Waals surface area contributed by atoms with E-state index in [1.807, 2.05) is 4.72 Å². The topological polar surface area (TPSA) is 122 Å². The highest BCUT2D eigenvalue weighted by Crippen LogP contribution is 2.31. The van der Waals surface area contributed by atoms with Crippen molar-refractivity contribution in [3.63, 3.8) is 0 Å². The highest BCUT2D eigenvalue weighted by atomic mass is 32.2. The molecule has 10 nitrogen and oxygen atoms in total. The van der Waals surface area contributed by atoms with Gasteiger partial charge in [-0.25, -0.2) is 18.1 Å². The third kappa shape index (κ3) is 5.47. The van der Waals surface area contributed by atoms with Gasteiger partial charge in [0.15, 0.2) is 5.52 Å². The number of aryl methyl sites for hydroxylation is 2. The first-order chi connectivity index (χ1) is 21.8. The van der Waals surface area contributed by atoms with Crippen molar-refractivity contribution >= 4 is 21.1 Å². The zero-order chi connectivity index (χ0) is 36.3. The van der Waals surface area contributed by atoms with Gasteiger partial charge in [-0.2, -0.15) is 5.10 Å². The number of aromatic amines is 1. The van der Waals surface area contributed by atoms with Crippen molar-refractivity contribution in [2.75, 3.05) is 26.7 Å². The number of likely N-dealkylation sites (tertiary alicyclic amines) is 1. The number of aromatic nitrogens is 4. The van der Waals surface area contributed by atoms with Gasteiger partial charge < -0.3 is 14.6 Å². The summed E-state index contributed by atoms with van der Waals surface area (Å²) in [4.78, 5) is 21.1. The maximum Gasteiger partial charge on any atom is 0.277 e. The molecule has 0 bridgehead atoms. The van der Waals surface area contributed by atoms with Crippen molar-refractivity contribution in [2.24, 2.45) is 6.98 Å². The number of fused-ring (bicyclic) bond motifs is 1. The van der Waals surface area contributed by atoms with E-state index in [1.54, 1.807) is 18.9 Å². The fraction of sp³-hybridized carbons (Fsp3) is 0.560. The number of hydrogen-bond donors (Lipinski definition) is 2. The molecule has 1 aliphatic rings. The largest absolute Gasteiger partial charge is 0.493 e. The van der Waals surface area contributed by atoms with Gasteiger partial charge in [-0.05, 0) is 63.8 Å². The van der Waals surface area contributed by atoms with E-state index in [-0.39, 0.29) is 23.7 Å². The summed E-state index contributed by atoms with van der Waals surface area (Å²) in [6.45, 7) is -6.84. The molecule has 36 heavy (non-hydrogen) atoms. The third-order valence-electron chi connectivity index (χ3n) is 5.78. The first-order valence-electron chi connectivity index (χ1n) is 17.4. The molecule has 1 aliphatic heterocycles. The quantitative estimate of drug-likeness (QED) is 0.392. The van der Waals surface area contributed by atoms with Crippen molar-refractivity contribution < 1.29 is 29.6 Å². The van der Waals surface area contributed by atoms with Crippen LogP contribution in [0.2, 0.25) is 0 Å². The molecule has 1 saturated heterocycles. The van der Waals surface area contributed by atoms with E-state index in [9.17, 15) is 13.2 Å². The van der Waals surface area contributed by atoms with Gasteiger partial charge in [-0.3, -0.25) is 9.48 Å². The third-order valence-corrected chi connectivity index (χ3v) is 7.02. The molecule has 3 aromatic rings. The maximum absolute atomic E-state index is 13.6. The van der Waals surface area contributed by atoms with Crippen LogP contribution in [0.25, 0.3) is 22.4 Å². The second-order valence-corrected chi connectivity index (χ2v) is 10.0. The van der Waals surface area contributed by atoms with Crippen LogP contribution in [0.5, 0.6) is 5.75 Å². The number of rotatable bonds is 11. The van der Waals surface area contributed by atoms with Gasteiger partial charge in [-0.15, -0.1) is 0 Å². The fourth-order valence-electron chi connectivity index (χ4n) is 3.94. The summed E-state index contributed by atoms with van der Waals surface area (Å²) in [5, 5.41) is 3.85. The van der Waals surface area contributed by atoms with E-state index in [2.05, 4.69) is 15.1 Å². The number of hydrogen-bond acceptors (Lipinski definition) is 7. The predicted octanol–water partition coefficient (Wildman–Crippen LogP) is 2.83. The average molecular weight is 529 g/mol.